The number of ether oxygens (including phenoxy) is 1. The molecule has 1 fully saturated rings. The number of benzene rings is 1. The van der Waals surface area contributed by atoms with E-state index in [1.807, 2.05) is 18.2 Å². The van der Waals surface area contributed by atoms with Gasteiger partial charge in [-0.1, -0.05) is 12.1 Å². The molecule has 0 atom stereocenters. The van der Waals surface area contributed by atoms with Gasteiger partial charge in [-0.05, 0) is 36.8 Å². The van der Waals surface area contributed by atoms with E-state index in [0.29, 0.717) is 11.4 Å². The van der Waals surface area contributed by atoms with Crippen LogP contribution in [0.4, 0.5) is 5.95 Å². The molecule has 0 amide bonds. The lowest BCUT2D eigenvalue weighted by Gasteiger charge is -2.16. The summed E-state index contributed by atoms with van der Waals surface area (Å²) in [4.78, 5) is 4.41. The topological polar surface area (TPSA) is 53.1 Å². The van der Waals surface area contributed by atoms with Crippen LogP contribution in [-0.4, -0.2) is 23.3 Å². The zero-order chi connectivity index (χ0) is 12.6. The highest BCUT2D eigenvalue weighted by molar-refractivity contribution is 5.78. The third-order valence-corrected chi connectivity index (χ3v) is 3.97. The summed E-state index contributed by atoms with van der Waals surface area (Å²) in [6.07, 6.45) is 3.64. The lowest BCUT2D eigenvalue weighted by atomic mass is 10.0. The average molecular weight is 245 g/mol. The van der Waals surface area contributed by atoms with Gasteiger partial charge in [0.1, 0.15) is 0 Å². The number of nitrogens with two attached hydrogens (primary N) is 1. The van der Waals surface area contributed by atoms with E-state index in [9.17, 15) is 0 Å². The highest BCUT2D eigenvalue weighted by Crippen LogP contribution is 2.50. The Labute approximate surface area is 107 Å². The summed E-state index contributed by atoms with van der Waals surface area (Å²) in [6.45, 7) is 1.79. The maximum atomic E-state index is 6.04. The van der Waals surface area contributed by atoms with Crippen molar-refractivity contribution in [3.05, 3.63) is 24.3 Å². The molecule has 1 aromatic carbocycles. The summed E-state index contributed by atoms with van der Waals surface area (Å²) < 4.78 is 7.35. The van der Waals surface area contributed by atoms with Gasteiger partial charge in [0.15, 0.2) is 0 Å². The van der Waals surface area contributed by atoms with Crippen molar-refractivity contribution in [3.8, 4) is 0 Å². The van der Waals surface area contributed by atoms with E-state index in [-0.39, 0.29) is 0 Å². The third-order valence-electron chi connectivity index (χ3n) is 3.97. The molecule has 4 nitrogen and oxygen atoms in total. The van der Waals surface area contributed by atoms with Gasteiger partial charge < -0.3 is 15.0 Å². The number of rotatable bonds is 5. The summed E-state index contributed by atoms with van der Waals surface area (Å²) >= 11 is 0. The standard InChI is InChI=1S/C14H19N3O/c1-18-9-8-14(6-7-14)10-17-12-5-3-2-4-11(12)16-13(17)15/h2-5H,6-10H2,1H3,(H2,15,16). The van der Waals surface area contributed by atoms with Crippen molar-refractivity contribution in [1.82, 2.24) is 9.55 Å². The van der Waals surface area contributed by atoms with E-state index in [1.54, 1.807) is 7.11 Å². The van der Waals surface area contributed by atoms with Crippen LogP contribution in [-0.2, 0) is 11.3 Å². The molecule has 0 bridgehead atoms. The quantitative estimate of drug-likeness (QED) is 0.880. The fourth-order valence-electron chi connectivity index (χ4n) is 2.58. The molecule has 4 heteroatoms. The molecule has 0 aliphatic heterocycles. The summed E-state index contributed by atoms with van der Waals surface area (Å²) in [5, 5.41) is 0. The van der Waals surface area contributed by atoms with Crippen LogP contribution >= 0.6 is 0 Å². The first-order chi connectivity index (χ1) is 8.74. The van der Waals surface area contributed by atoms with Crippen LogP contribution in [0.1, 0.15) is 19.3 Å². The molecular weight excluding hydrogens is 226 g/mol. The molecule has 18 heavy (non-hydrogen) atoms. The van der Waals surface area contributed by atoms with Crippen molar-refractivity contribution in [2.45, 2.75) is 25.8 Å². The minimum absolute atomic E-state index is 0.383. The van der Waals surface area contributed by atoms with Gasteiger partial charge in [0.2, 0.25) is 5.95 Å². The lowest BCUT2D eigenvalue weighted by molar-refractivity contribution is 0.167. The number of fused-ring (bicyclic) bond motifs is 1. The molecule has 2 N–H and O–H groups in total. The average Bonchev–Trinajstić information content (AvgIpc) is 3.08. The Morgan fingerprint density at radius 2 is 2.17 bits per heavy atom. The molecule has 96 valence electrons. The van der Waals surface area contributed by atoms with Gasteiger partial charge in [0, 0.05) is 20.3 Å². The Balaban J connectivity index is 1.88. The van der Waals surface area contributed by atoms with Gasteiger partial charge in [-0.25, -0.2) is 4.98 Å². The fourth-order valence-corrected chi connectivity index (χ4v) is 2.58. The molecule has 1 aromatic heterocycles. The van der Waals surface area contributed by atoms with Crippen molar-refractivity contribution in [2.75, 3.05) is 19.5 Å². The molecule has 0 radical (unpaired) electrons. The minimum atomic E-state index is 0.383. The number of aromatic nitrogens is 2. The Kier molecular flexibility index (Phi) is 2.74. The van der Waals surface area contributed by atoms with Gasteiger partial charge >= 0.3 is 0 Å². The molecule has 2 aromatic rings. The van der Waals surface area contributed by atoms with Crippen LogP contribution in [0.5, 0.6) is 0 Å². The predicted molar refractivity (Wildman–Crippen MR) is 72.3 cm³/mol. The number of hydrogen-bond donors (Lipinski definition) is 1. The molecule has 0 saturated heterocycles. The summed E-state index contributed by atoms with van der Waals surface area (Å²) in [5.41, 5.74) is 8.54. The summed E-state index contributed by atoms with van der Waals surface area (Å²) in [6, 6.07) is 8.13. The van der Waals surface area contributed by atoms with Crippen LogP contribution in [0.2, 0.25) is 0 Å². The first-order valence-electron chi connectivity index (χ1n) is 6.44. The number of nitrogen functional groups attached to an aromatic ring is 1. The zero-order valence-electron chi connectivity index (χ0n) is 10.7. The van der Waals surface area contributed by atoms with Crippen LogP contribution in [0, 0.1) is 5.41 Å². The van der Waals surface area contributed by atoms with Crippen molar-refractivity contribution in [3.63, 3.8) is 0 Å². The van der Waals surface area contributed by atoms with Gasteiger partial charge in [-0.15, -0.1) is 0 Å². The van der Waals surface area contributed by atoms with Crippen molar-refractivity contribution >= 4 is 17.0 Å². The van der Waals surface area contributed by atoms with E-state index in [1.165, 1.54) is 12.8 Å². The highest BCUT2D eigenvalue weighted by Gasteiger charge is 2.42. The molecule has 0 spiro atoms. The monoisotopic (exact) mass is 245 g/mol. The molecule has 1 aliphatic carbocycles. The molecule has 1 aliphatic rings. The van der Waals surface area contributed by atoms with Gasteiger partial charge in [-0.2, -0.15) is 0 Å². The first-order valence-corrected chi connectivity index (χ1v) is 6.44. The molecule has 3 rings (SSSR count). The first kappa shape index (κ1) is 11.5. The lowest BCUT2D eigenvalue weighted by Crippen LogP contribution is -2.15. The molecule has 1 heterocycles. The van der Waals surface area contributed by atoms with Gasteiger partial charge in [-0.3, -0.25) is 0 Å². The number of para-hydroxylation sites is 2. The van der Waals surface area contributed by atoms with Crippen LogP contribution < -0.4 is 5.73 Å². The second kappa shape index (κ2) is 4.28. The van der Waals surface area contributed by atoms with E-state index in [0.717, 1.165) is 30.6 Å². The Hall–Kier alpha value is -1.55. The van der Waals surface area contributed by atoms with Crippen molar-refractivity contribution < 1.29 is 4.74 Å². The number of imidazole rings is 1. The van der Waals surface area contributed by atoms with Crippen LogP contribution in [0.3, 0.4) is 0 Å². The summed E-state index contributed by atoms with van der Waals surface area (Å²) in [7, 11) is 1.76. The SMILES string of the molecule is COCCC1(Cn2c(N)nc3ccccc32)CC1. The predicted octanol–water partition coefficient (Wildman–Crippen LogP) is 2.44. The molecule has 1 saturated carbocycles. The Morgan fingerprint density at radius 3 is 2.89 bits per heavy atom. The van der Waals surface area contributed by atoms with Gasteiger partial charge in [0.25, 0.3) is 0 Å². The van der Waals surface area contributed by atoms with Crippen molar-refractivity contribution in [2.24, 2.45) is 5.41 Å². The summed E-state index contributed by atoms with van der Waals surface area (Å²) in [5.74, 6) is 0.625. The fraction of sp³-hybridized carbons (Fsp3) is 0.500. The van der Waals surface area contributed by atoms with Gasteiger partial charge in [0.05, 0.1) is 11.0 Å². The smallest absolute Gasteiger partial charge is 0.201 e. The second-order valence-corrected chi connectivity index (χ2v) is 5.29. The molecule has 0 unspecified atom stereocenters. The normalized spacial score (nSPS) is 17.2. The maximum absolute atomic E-state index is 6.04. The van der Waals surface area contributed by atoms with E-state index >= 15 is 0 Å². The number of hydrogen-bond acceptors (Lipinski definition) is 3. The maximum Gasteiger partial charge on any atom is 0.201 e. The van der Waals surface area contributed by atoms with E-state index in [2.05, 4.69) is 15.6 Å². The second-order valence-electron chi connectivity index (χ2n) is 5.29. The number of methoxy groups -OCH3 is 1. The van der Waals surface area contributed by atoms with Crippen LogP contribution in [0.15, 0.2) is 24.3 Å². The number of anilines is 1. The highest BCUT2D eigenvalue weighted by atomic mass is 16.5. The van der Waals surface area contributed by atoms with E-state index in [4.69, 9.17) is 10.5 Å². The Bertz CT molecular complexity index is 557. The third kappa shape index (κ3) is 1.97. The number of nitrogens with zero attached hydrogens (tertiary/aromatic N) is 2. The van der Waals surface area contributed by atoms with Crippen molar-refractivity contribution in [1.29, 1.82) is 0 Å². The largest absolute Gasteiger partial charge is 0.385 e. The zero-order valence-corrected chi connectivity index (χ0v) is 10.7. The van der Waals surface area contributed by atoms with Crippen LogP contribution in [0.25, 0.3) is 11.0 Å². The van der Waals surface area contributed by atoms with E-state index < -0.39 is 0 Å². The minimum Gasteiger partial charge on any atom is -0.385 e. The Morgan fingerprint density at radius 1 is 1.39 bits per heavy atom. The molecular formula is C14H19N3O.